The molecule has 0 aliphatic carbocycles. The van der Waals surface area contributed by atoms with Gasteiger partial charge in [0, 0.05) is 37.9 Å². The SMILES string of the molecule is Cc1c(NC(=O)CN2CCN(c3ccc(O)cc3)CC2)cccc1[N+](=O)[O-]. The van der Waals surface area contributed by atoms with E-state index in [-0.39, 0.29) is 23.9 Å². The first kappa shape index (κ1) is 18.7. The van der Waals surface area contributed by atoms with E-state index in [4.69, 9.17) is 0 Å². The maximum absolute atomic E-state index is 12.3. The second-order valence-electron chi connectivity index (χ2n) is 6.53. The lowest BCUT2D eigenvalue weighted by atomic mass is 10.1. The fourth-order valence-corrected chi connectivity index (χ4v) is 3.18. The van der Waals surface area contributed by atoms with E-state index in [1.54, 1.807) is 31.2 Å². The number of amides is 1. The van der Waals surface area contributed by atoms with Crippen LogP contribution >= 0.6 is 0 Å². The van der Waals surface area contributed by atoms with Gasteiger partial charge in [-0.15, -0.1) is 0 Å². The van der Waals surface area contributed by atoms with Crippen molar-refractivity contribution in [3.05, 3.63) is 58.1 Å². The third kappa shape index (κ3) is 4.53. The molecule has 1 aliphatic heterocycles. The lowest BCUT2D eigenvalue weighted by molar-refractivity contribution is -0.385. The van der Waals surface area contributed by atoms with Crippen LogP contribution in [0, 0.1) is 17.0 Å². The quantitative estimate of drug-likeness (QED) is 0.619. The van der Waals surface area contributed by atoms with Gasteiger partial charge in [0.2, 0.25) is 5.91 Å². The van der Waals surface area contributed by atoms with Crippen molar-refractivity contribution in [1.29, 1.82) is 0 Å². The Labute approximate surface area is 157 Å². The summed E-state index contributed by atoms with van der Waals surface area (Å²) in [6, 6.07) is 11.7. The summed E-state index contributed by atoms with van der Waals surface area (Å²) in [7, 11) is 0. The number of rotatable bonds is 5. The van der Waals surface area contributed by atoms with Gasteiger partial charge in [0.05, 0.1) is 22.7 Å². The lowest BCUT2D eigenvalue weighted by Gasteiger charge is -2.35. The van der Waals surface area contributed by atoms with Crippen molar-refractivity contribution in [2.24, 2.45) is 0 Å². The van der Waals surface area contributed by atoms with Gasteiger partial charge >= 0.3 is 0 Å². The zero-order valence-electron chi connectivity index (χ0n) is 15.1. The highest BCUT2D eigenvalue weighted by molar-refractivity contribution is 5.93. The zero-order chi connectivity index (χ0) is 19.4. The van der Waals surface area contributed by atoms with Crippen LogP contribution in [0.4, 0.5) is 17.1 Å². The number of carbonyl (C=O) groups is 1. The number of piperazine rings is 1. The molecule has 1 fully saturated rings. The fourth-order valence-electron chi connectivity index (χ4n) is 3.18. The van der Waals surface area contributed by atoms with Crippen LogP contribution in [0.2, 0.25) is 0 Å². The smallest absolute Gasteiger partial charge is 0.274 e. The zero-order valence-corrected chi connectivity index (χ0v) is 15.1. The van der Waals surface area contributed by atoms with Crippen LogP contribution in [0.3, 0.4) is 0 Å². The first-order chi connectivity index (χ1) is 12.9. The molecule has 0 radical (unpaired) electrons. The van der Waals surface area contributed by atoms with E-state index < -0.39 is 4.92 Å². The molecule has 1 saturated heterocycles. The molecule has 0 spiro atoms. The molecule has 1 amide bonds. The van der Waals surface area contributed by atoms with E-state index in [2.05, 4.69) is 15.1 Å². The normalized spacial score (nSPS) is 14.8. The van der Waals surface area contributed by atoms with Crippen molar-refractivity contribution in [1.82, 2.24) is 4.90 Å². The molecule has 8 nitrogen and oxygen atoms in total. The van der Waals surface area contributed by atoms with Gasteiger partial charge in [-0.3, -0.25) is 19.8 Å². The molecule has 2 N–H and O–H groups in total. The van der Waals surface area contributed by atoms with E-state index >= 15 is 0 Å². The van der Waals surface area contributed by atoms with Gasteiger partial charge in [0.1, 0.15) is 5.75 Å². The Morgan fingerprint density at radius 3 is 2.44 bits per heavy atom. The number of nitro benzene ring substituents is 1. The summed E-state index contributed by atoms with van der Waals surface area (Å²) >= 11 is 0. The Bertz CT molecular complexity index is 830. The highest BCUT2D eigenvalue weighted by Gasteiger charge is 2.20. The first-order valence-corrected chi connectivity index (χ1v) is 8.74. The molecule has 2 aromatic carbocycles. The van der Waals surface area contributed by atoms with Gasteiger partial charge in [-0.25, -0.2) is 0 Å². The highest BCUT2D eigenvalue weighted by Crippen LogP contribution is 2.25. The minimum Gasteiger partial charge on any atom is -0.508 e. The van der Waals surface area contributed by atoms with E-state index in [1.807, 2.05) is 12.1 Å². The molecule has 142 valence electrons. The summed E-state index contributed by atoms with van der Waals surface area (Å²) in [4.78, 5) is 27.2. The molecule has 0 atom stereocenters. The van der Waals surface area contributed by atoms with Crippen molar-refractivity contribution in [2.45, 2.75) is 6.92 Å². The van der Waals surface area contributed by atoms with Crippen LogP contribution in [-0.2, 0) is 4.79 Å². The Morgan fingerprint density at radius 1 is 1.15 bits per heavy atom. The van der Waals surface area contributed by atoms with Crippen LogP contribution in [0.5, 0.6) is 5.75 Å². The molecule has 0 saturated carbocycles. The number of aromatic hydroxyl groups is 1. The van der Waals surface area contributed by atoms with Crippen molar-refractivity contribution >= 4 is 23.0 Å². The number of phenolic OH excluding ortho intramolecular Hbond substituents is 1. The third-order valence-electron chi connectivity index (χ3n) is 4.73. The number of hydrogen-bond acceptors (Lipinski definition) is 6. The molecule has 8 heteroatoms. The van der Waals surface area contributed by atoms with Gasteiger partial charge in [-0.2, -0.15) is 0 Å². The van der Waals surface area contributed by atoms with Crippen LogP contribution < -0.4 is 10.2 Å². The Hall–Kier alpha value is -3.13. The summed E-state index contributed by atoms with van der Waals surface area (Å²) in [6.07, 6.45) is 0. The molecule has 0 aromatic heterocycles. The molecular weight excluding hydrogens is 348 g/mol. The van der Waals surface area contributed by atoms with E-state index in [0.29, 0.717) is 11.3 Å². The van der Waals surface area contributed by atoms with Gasteiger partial charge in [-0.05, 0) is 37.3 Å². The maximum Gasteiger partial charge on any atom is 0.274 e. The summed E-state index contributed by atoms with van der Waals surface area (Å²) in [6.45, 7) is 4.92. The summed E-state index contributed by atoms with van der Waals surface area (Å²) < 4.78 is 0. The standard InChI is InChI=1S/C19H22N4O4/c1-14-17(3-2-4-18(14)23(26)27)20-19(25)13-21-9-11-22(12-10-21)15-5-7-16(24)8-6-15/h2-8,24H,9-13H2,1H3,(H,20,25). The van der Waals surface area contributed by atoms with Crippen LogP contribution in [0.1, 0.15) is 5.56 Å². The second-order valence-corrected chi connectivity index (χ2v) is 6.53. The van der Waals surface area contributed by atoms with Crippen molar-refractivity contribution in [2.75, 3.05) is 42.9 Å². The molecule has 3 rings (SSSR count). The average molecular weight is 370 g/mol. The highest BCUT2D eigenvalue weighted by atomic mass is 16.6. The molecule has 0 unspecified atom stereocenters. The molecule has 1 heterocycles. The third-order valence-corrected chi connectivity index (χ3v) is 4.73. The Kier molecular flexibility index (Phi) is 5.56. The molecule has 0 bridgehead atoms. The molecular formula is C19H22N4O4. The van der Waals surface area contributed by atoms with E-state index in [9.17, 15) is 20.0 Å². The van der Waals surface area contributed by atoms with Crippen molar-refractivity contribution < 1.29 is 14.8 Å². The second kappa shape index (κ2) is 8.05. The number of benzene rings is 2. The van der Waals surface area contributed by atoms with Crippen LogP contribution in [-0.4, -0.2) is 53.6 Å². The fraction of sp³-hybridized carbons (Fsp3) is 0.316. The van der Waals surface area contributed by atoms with Crippen molar-refractivity contribution in [3.63, 3.8) is 0 Å². The summed E-state index contributed by atoms with van der Waals surface area (Å²) in [5.74, 6) is 0.0576. The largest absolute Gasteiger partial charge is 0.508 e. The summed E-state index contributed by atoms with van der Waals surface area (Å²) in [5.41, 5.74) is 1.96. The number of carbonyl (C=O) groups excluding carboxylic acids is 1. The Morgan fingerprint density at radius 2 is 1.81 bits per heavy atom. The average Bonchev–Trinajstić information content (AvgIpc) is 2.64. The monoisotopic (exact) mass is 370 g/mol. The first-order valence-electron chi connectivity index (χ1n) is 8.74. The van der Waals surface area contributed by atoms with Crippen molar-refractivity contribution in [3.8, 4) is 5.75 Å². The number of hydrogen-bond donors (Lipinski definition) is 2. The van der Waals surface area contributed by atoms with Gasteiger partial charge in [0.15, 0.2) is 0 Å². The predicted molar refractivity (Wildman–Crippen MR) is 103 cm³/mol. The molecule has 2 aromatic rings. The summed E-state index contributed by atoms with van der Waals surface area (Å²) in [5, 5.41) is 23.2. The molecule has 27 heavy (non-hydrogen) atoms. The van der Waals surface area contributed by atoms with E-state index in [0.717, 1.165) is 31.9 Å². The Balaban J connectivity index is 1.53. The predicted octanol–water partition coefficient (Wildman–Crippen LogP) is 2.37. The molecule has 1 aliphatic rings. The van der Waals surface area contributed by atoms with Crippen LogP contribution in [0.25, 0.3) is 0 Å². The lowest BCUT2D eigenvalue weighted by Crippen LogP contribution is -2.48. The number of anilines is 2. The van der Waals surface area contributed by atoms with Crippen LogP contribution in [0.15, 0.2) is 42.5 Å². The van der Waals surface area contributed by atoms with Gasteiger partial charge < -0.3 is 15.3 Å². The minimum atomic E-state index is -0.451. The maximum atomic E-state index is 12.3. The van der Waals surface area contributed by atoms with Gasteiger partial charge in [-0.1, -0.05) is 6.07 Å². The van der Waals surface area contributed by atoms with E-state index in [1.165, 1.54) is 6.07 Å². The number of nitrogens with one attached hydrogen (secondary N) is 1. The number of phenols is 1. The topological polar surface area (TPSA) is 99.0 Å². The van der Waals surface area contributed by atoms with Gasteiger partial charge in [0.25, 0.3) is 5.69 Å². The number of nitrogens with zero attached hydrogens (tertiary/aromatic N) is 3. The minimum absolute atomic E-state index is 0.00434. The number of nitro groups is 1.